The Kier molecular flexibility index (Phi) is 2.31. The monoisotopic (exact) mass is 189 g/mol. The number of Topliss-reactive ketones (excluding diaryl/α,β-unsaturated/α-hetero) is 1. The third-order valence-electron chi connectivity index (χ3n) is 2.39. The lowest BCUT2D eigenvalue weighted by atomic mass is 10.1. The Morgan fingerprint density at radius 1 is 1.43 bits per heavy atom. The predicted molar refractivity (Wildman–Crippen MR) is 52.6 cm³/mol. The van der Waals surface area contributed by atoms with Crippen molar-refractivity contribution in [3.63, 3.8) is 0 Å². The van der Waals surface area contributed by atoms with E-state index in [-0.39, 0.29) is 11.5 Å². The van der Waals surface area contributed by atoms with Crippen LogP contribution in [0.1, 0.15) is 24.8 Å². The van der Waals surface area contributed by atoms with E-state index in [9.17, 15) is 9.90 Å². The molecule has 1 aromatic heterocycles. The smallest absolute Gasteiger partial charge is 0.162 e. The number of carbonyl (C=O) groups excluding carboxylic acids is 1. The third kappa shape index (κ3) is 1.53. The summed E-state index contributed by atoms with van der Waals surface area (Å²) in [5.41, 5.74) is 1.18. The molecule has 3 nitrogen and oxygen atoms in total. The lowest BCUT2D eigenvalue weighted by Gasteiger charge is -2.02. The molecular weight excluding hydrogens is 178 g/mol. The normalized spacial score (nSPS) is 19.9. The van der Waals surface area contributed by atoms with Gasteiger partial charge in [0.15, 0.2) is 5.78 Å². The van der Waals surface area contributed by atoms with Crippen LogP contribution in [-0.4, -0.2) is 15.9 Å². The maximum Gasteiger partial charge on any atom is 0.162 e. The van der Waals surface area contributed by atoms with Crippen LogP contribution >= 0.6 is 0 Å². The molecule has 1 aliphatic rings. The Hall–Kier alpha value is -1.64. The first-order chi connectivity index (χ1) is 6.79. The van der Waals surface area contributed by atoms with Gasteiger partial charge in [-0.3, -0.25) is 9.78 Å². The van der Waals surface area contributed by atoms with Crippen molar-refractivity contribution < 1.29 is 9.90 Å². The van der Waals surface area contributed by atoms with Crippen LogP contribution in [-0.2, 0) is 4.79 Å². The molecule has 0 atom stereocenters. The quantitative estimate of drug-likeness (QED) is 0.543. The Morgan fingerprint density at radius 3 is 2.86 bits per heavy atom. The van der Waals surface area contributed by atoms with Gasteiger partial charge in [-0.05, 0) is 25.0 Å². The van der Waals surface area contributed by atoms with Gasteiger partial charge in [0.2, 0.25) is 0 Å². The summed E-state index contributed by atoms with van der Waals surface area (Å²) in [5.74, 6) is 0.159. The second kappa shape index (κ2) is 3.62. The molecule has 1 heterocycles. The van der Waals surface area contributed by atoms with Gasteiger partial charge in [0.05, 0.1) is 0 Å². The summed E-state index contributed by atoms with van der Waals surface area (Å²) in [4.78, 5) is 15.2. The zero-order valence-corrected chi connectivity index (χ0v) is 7.73. The number of aromatic nitrogens is 1. The largest absolute Gasteiger partial charge is 0.507 e. The SMILES string of the molecule is O=C1CCCC1=C(O)c1cccnc1. The summed E-state index contributed by atoms with van der Waals surface area (Å²) in [5, 5.41) is 9.81. The molecule has 14 heavy (non-hydrogen) atoms. The van der Waals surface area contributed by atoms with Crippen LogP contribution in [0.4, 0.5) is 0 Å². The molecule has 0 unspecified atom stereocenters. The van der Waals surface area contributed by atoms with E-state index in [1.165, 1.54) is 0 Å². The van der Waals surface area contributed by atoms with Gasteiger partial charge < -0.3 is 5.11 Å². The van der Waals surface area contributed by atoms with Gasteiger partial charge in [0.25, 0.3) is 0 Å². The molecule has 0 saturated heterocycles. The molecule has 1 aromatic rings. The number of aliphatic hydroxyl groups is 1. The highest BCUT2D eigenvalue weighted by Crippen LogP contribution is 2.27. The molecular formula is C11H11NO2. The Bertz CT molecular complexity index is 382. The molecule has 1 fully saturated rings. The minimum Gasteiger partial charge on any atom is -0.507 e. The Labute approximate surface area is 82.1 Å². The molecule has 0 spiro atoms. The zero-order valence-electron chi connectivity index (χ0n) is 7.73. The number of hydrogen-bond acceptors (Lipinski definition) is 3. The molecule has 2 rings (SSSR count). The van der Waals surface area contributed by atoms with Crippen LogP contribution in [0.3, 0.4) is 0 Å². The number of hydrogen-bond donors (Lipinski definition) is 1. The average molecular weight is 189 g/mol. The van der Waals surface area contributed by atoms with E-state index in [4.69, 9.17) is 0 Å². The summed E-state index contributed by atoms with van der Waals surface area (Å²) < 4.78 is 0. The Balaban J connectivity index is 2.40. The first-order valence-corrected chi connectivity index (χ1v) is 4.65. The van der Waals surface area contributed by atoms with E-state index >= 15 is 0 Å². The van der Waals surface area contributed by atoms with Crippen LogP contribution in [0.25, 0.3) is 5.76 Å². The van der Waals surface area contributed by atoms with Gasteiger partial charge in [-0.15, -0.1) is 0 Å². The number of carbonyl (C=O) groups is 1. The van der Waals surface area contributed by atoms with E-state index in [0.29, 0.717) is 24.0 Å². The average Bonchev–Trinajstić information content (AvgIpc) is 2.65. The van der Waals surface area contributed by atoms with Gasteiger partial charge in [-0.2, -0.15) is 0 Å². The van der Waals surface area contributed by atoms with Gasteiger partial charge in [0.1, 0.15) is 5.76 Å². The van der Waals surface area contributed by atoms with E-state index in [2.05, 4.69) is 4.98 Å². The maximum atomic E-state index is 11.4. The fourth-order valence-corrected chi connectivity index (χ4v) is 1.64. The van der Waals surface area contributed by atoms with Gasteiger partial charge >= 0.3 is 0 Å². The number of rotatable bonds is 1. The van der Waals surface area contributed by atoms with Crippen LogP contribution in [0, 0.1) is 0 Å². The van der Waals surface area contributed by atoms with Crippen molar-refractivity contribution in [1.82, 2.24) is 4.98 Å². The minimum atomic E-state index is 0.0614. The van der Waals surface area contributed by atoms with E-state index in [1.807, 2.05) is 0 Å². The van der Waals surface area contributed by atoms with Crippen molar-refractivity contribution in [1.29, 1.82) is 0 Å². The number of nitrogens with zero attached hydrogens (tertiary/aromatic N) is 1. The maximum absolute atomic E-state index is 11.4. The molecule has 0 amide bonds. The number of ketones is 1. The van der Waals surface area contributed by atoms with E-state index in [0.717, 1.165) is 6.42 Å². The Morgan fingerprint density at radius 2 is 2.29 bits per heavy atom. The first-order valence-electron chi connectivity index (χ1n) is 4.65. The second-order valence-corrected chi connectivity index (χ2v) is 3.35. The highest BCUT2D eigenvalue weighted by molar-refractivity contribution is 6.02. The van der Waals surface area contributed by atoms with Crippen LogP contribution < -0.4 is 0 Å². The topological polar surface area (TPSA) is 50.2 Å². The molecule has 0 aliphatic heterocycles. The molecule has 72 valence electrons. The molecule has 3 heteroatoms. The van der Waals surface area contributed by atoms with Gasteiger partial charge in [-0.1, -0.05) is 0 Å². The molecule has 1 saturated carbocycles. The summed E-state index contributed by atoms with van der Waals surface area (Å²) in [7, 11) is 0. The fourth-order valence-electron chi connectivity index (χ4n) is 1.64. The predicted octanol–water partition coefficient (Wildman–Crippen LogP) is 2.10. The number of pyridine rings is 1. The third-order valence-corrected chi connectivity index (χ3v) is 2.39. The number of aliphatic hydroxyl groups excluding tert-OH is 1. The second-order valence-electron chi connectivity index (χ2n) is 3.35. The first kappa shape index (κ1) is 8.94. The molecule has 0 aromatic carbocycles. The fraction of sp³-hybridized carbons (Fsp3) is 0.273. The lowest BCUT2D eigenvalue weighted by Crippen LogP contribution is -1.97. The molecule has 0 radical (unpaired) electrons. The van der Waals surface area contributed by atoms with Gasteiger partial charge in [0, 0.05) is 30.0 Å². The van der Waals surface area contributed by atoms with Crippen molar-refractivity contribution in [2.24, 2.45) is 0 Å². The summed E-state index contributed by atoms with van der Waals surface area (Å²) in [6.07, 6.45) is 5.28. The molecule has 0 bridgehead atoms. The van der Waals surface area contributed by atoms with Crippen molar-refractivity contribution in [3.05, 3.63) is 35.7 Å². The minimum absolute atomic E-state index is 0.0614. The number of allylic oxidation sites excluding steroid dienone is 1. The van der Waals surface area contributed by atoms with Crippen molar-refractivity contribution in [2.45, 2.75) is 19.3 Å². The standard InChI is InChI=1S/C11H11NO2/c13-10-5-1-4-9(10)11(14)8-3-2-6-12-7-8/h2-3,6-7,14H,1,4-5H2. The van der Waals surface area contributed by atoms with Gasteiger partial charge in [-0.25, -0.2) is 0 Å². The van der Waals surface area contributed by atoms with E-state index in [1.54, 1.807) is 24.5 Å². The van der Waals surface area contributed by atoms with Crippen molar-refractivity contribution >= 4 is 11.5 Å². The van der Waals surface area contributed by atoms with Crippen LogP contribution in [0.2, 0.25) is 0 Å². The van der Waals surface area contributed by atoms with Crippen molar-refractivity contribution in [2.75, 3.05) is 0 Å². The summed E-state index contributed by atoms with van der Waals surface area (Å²) in [6.45, 7) is 0. The molecule has 1 N–H and O–H groups in total. The summed E-state index contributed by atoms with van der Waals surface area (Å²) in [6, 6.07) is 3.49. The summed E-state index contributed by atoms with van der Waals surface area (Å²) >= 11 is 0. The van der Waals surface area contributed by atoms with Crippen LogP contribution in [0.5, 0.6) is 0 Å². The highest BCUT2D eigenvalue weighted by Gasteiger charge is 2.21. The molecule has 1 aliphatic carbocycles. The van der Waals surface area contributed by atoms with Crippen LogP contribution in [0.15, 0.2) is 30.1 Å². The van der Waals surface area contributed by atoms with Crippen molar-refractivity contribution in [3.8, 4) is 0 Å². The lowest BCUT2D eigenvalue weighted by molar-refractivity contribution is -0.114. The zero-order chi connectivity index (χ0) is 9.97. The van der Waals surface area contributed by atoms with E-state index < -0.39 is 0 Å². The highest BCUT2D eigenvalue weighted by atomic mass is 16.3.